The SMILES string of the molecule is CN=C(NCc1cccc(F)c1)NCc1ccc(C)cc1OCCOC. The van der Waals surface area contributed by atoms with Crippen molar-refractivity contribution < 1.29 is 13.9 Å². The minimum absolute atomic E-state index is 0.246. The zero-order valence-corrected chi connectivity index (χ0v) is 15.5. The van der Waals surface area contributed by atoms with Gasteiger partial charge >= 0.3 is 0 Å². The fraction of sp³-hybridized carbons (Fsp3) is 0.350. The zero-order chi connectivity index (χ0) is 18.8. The van der Waals surface area contributed by atoms with Gasteiger partial charge < -0.3 is 20.1 Å². The molecule has 0 aliphatic rings. The molecule has 0 saturated heterocycles. The van der Waals surface area contributed by atoms with Gasteiger partial charge in [0.05, 0.1) is 6.61 Å². The highest BCUT2D eigenvalue weighted by atomic mass is 19.1. The first kappa shape index (κ1) is 19.7. The Kier molecular flexibility index (Phi) is 7.89. The molecule has 0 fully saturated rings. The molecule has 0 heterocycles. The van der Waals surface area contributed by atoms with Crippen molar-refractivity contribution in [3.05, 3.63) is 65.0 Å². The molecule has 0 saturated carbocycles. The van der Waals surface area contributed by atoms with Crippen LogP contribution in [0, 0.1) is 12.7 Å². The van der Waals surface area contributed by atoms with Crippen molar-refractivity contribution >= 4 is 5.96 Å². The monoisotopic (exact) mass is 359 g/mol. The molecule has 2 rings (SSSR count). The Morgan fingerprint density at radius 3 is 2.62 bits per heavy atom. The van der Waals surface area contributed by atoms with E-state index in [0.717, 1.165) is 22.4 Å². The summed E-state index contributed by atoms with van der Waals surface area (Å²) in [5.74, 6) is 1.22. The second kappa shape index (κ2) is 10.4. The molecule has 0 amide bonds. The van der Waals surface area contributed by atoms with Crippen LogP contribution in [0.15, 0.2) is 47.5 Å². The second-order valence-corrected chi connectivity index (χ2v) is 5.86. The van der Waals surface area contributed by atoms with Crippen LogP contribution in [0.1, 0.15) is 16.7 Å². The van der Waals surface area contributed by atoms with Gasteiger partial charge in [0, 0.05) is 32.8 Å². The van der Waals surface area contributed by atoms with Crippen molar-refractivity contribution in [3.63, 3.8) is 0 Å². The molecular weight excluding hydrogens is 333 g/mol. The second-order valence-electron chi connectivity index (χ2n) is 5.86. The van der Waals surface area contributed by atoms with Crippen LogP contribution in [0.2, 0.25) is 0 Å². The van der Waals surface area contributed by atoms with Crippen LogP contribution in [0.3, 0.4) is 0 Å². The Morgan fingerprint density at radius 1 is 1.08 bits per heavy atom. The van der Waals surface area contributed by atoms with E-state index in [1.54, 1.807) is 20.2 Å². The van der Waals surface area contributed by atoms with Crippen LogP contribution < -0.4 is 15.4 Å². The number of aliphatic imine (C=N–C) groups is 1. The summed E-state index contributed by atoms with van der Waals surface area (Å²) in [4.78, 5) is 4.20. The lowest BCUT2D eigenvalue weighted by Crippen LogP contribution is -2.36. The highest BCUT2D eigenvalue weighted by Crippen LogP contribution is 2.20. The first-order valence-electron chi connectivity index (χ1n) is 8.52. The molecule has 140 valence electrons. The number of nitrogens with zero attached hydrogens (tertiary/aromatic N) is 1. The molecule has 0 atom stereocenters. The maximum atomic E-state index is 13.3. The van der Waals surface area contributed by atoms with E-state index >= 15 is 0 Å². The minimum atomic E-state index is -0.246. The maximum Gasteiger partial charge on any atom is 0.191 e. The summed E-state index contributed by atoms with van der Waals surface area (Å²) in [5.41, 5.74) is 3.02. The number of ether oxygens (including phenoxy) is 2. The van der Waals surface area contributed by atoms with Gasteiger partial charge in [-0.25, -0.2) is 4.39 Å². The summed E-state index contributed by atoms with van der Waals surface area (Å²) in [6.07, 6.45) is 0. The summed E-state index contributed by atoms with van der Waals surface area (Å²) >= 11 is 0. The van der Waals surface area contributed by atoms with Crippen LogP contribution in [0.5, 0.6) is 5.75 Å². The first-order valence-corrected chi connectivity index (χ1v) is 8.52. The summed E-state index contributed by atoms with van der Waals surface area (Å²) in [6, 6.07) is 12.6. The third-order valence-corrected chi connectivity index (χ3v) is 3.79. The number of nitrogens with one attached hydrogen (secondary N) is 2. The lowest BCUT2D eigenvalue weighted by molar-refractivity contribution is 0.145. The number of guanidine groups is 1. The molecule has 0 radical (unpaired) electrons. The molecule has 0 unspecified atom stereocenters. The van der Waals surface area contributed by atoms with Crippen molar-refractivity contribution in [1.82, 2.24) is 10.6 Å². The van der Waals surface area contributed by atoms with Crippen molar-refractivity contribution in [1.29, 1.82) is 0 Å². The Morgan fingerprint density at radius 2 is 1.88 bits per heavy atom. The number of methoxy groups -OCH3 is 1. The van der Waals surface area contributed by atoms with E-state index < -0.39 is 0 Å². The van der Waals surface area contributed by atoms with E-state index in [4.69, 9.17) is 9.47 Å². The van der Waals surface area contributed by atoms with Crippen molar-refractivity contribution in [3.8, 4) is 5.75 Å². The van der Waals surface area contributed by atoms with Crippen molar-refractivity contribution in [2.75, 3.05) is 27.4 Å². The molecule has 0 bridgehead atoms. The molecule has 0 aliphatic carbocycles. The van der Waals surface area contributed by atoms with Crippen LogP contribution in [-0.4, -0.2) is 33.3 Å². The smallest absolute Gasteiger partial charge is 0.191 e. The van der Waals surface area contributed by atoms with Crippen LogP contribution in [0.25, 0.3) is 0 Å². The Labute approximate surface area is 154 Å². The van der Waals surface area contributed by atoms with Gasteiger partial charge in [-0.3, -0.25) is 4.99 Å². The molecule has 6 heteroatoms. The van der Waals surface area contributed by atoms with E-state index in [1.165, 1.54) is 12.1 Å². The van der Waals surface area contributed by atoms with Crippen LogP contribution in [-0.2, 0) is 17.8 Å². The summed E-state index contributed by atoms with van der Waals surface area (Å²) in [6.45, 7) is 4.12. The molecule has 2 aromatic carbocycles. The molecule has 0 aliphatic heterocycles. The van der Waals surface area contributed by atoms with Gasteiger partial charge in [0.25, 0.3) is 0 Å². The third-order valence-electron chi connectivity index (χ3n) is 3.79. The van der Waals surface area contributed by atoms with Crippen LogP contribution in [0.4, 0.5) is 4.39 Å². The van der Waals surface area contributed by atoms with Crippen LogP contribution >= 0.6 is 0 Å². The Hall–Kier alpha value is -2.60. The largest absolute Gasteiger partial charge is 0.491 e. The Bertz CT molecular complexity index is 735. The van der Waals surface area contributed by atoms with E-state index in [0.29, 0.717) is 32.3 Å². The lowest BCUT2D eigenvalue weighted by atomic mass is 10.1. The quantitative estimate of drug-likeness (QED) is 0.432. The van der Waals surface area contributed by atoms with Gasteiger partial charge in [-0.05, 0) is 36.2 Å². The number of benzene rings is 2. The van der Waals surface area contributed by atoms with Gasteiger partial charge in [0.1, 0.15) is 18.2 Å². The minimum Gasteiger partial charge on any atom is -0.491 e. The third kappa shape index (κ3) is 6.37. The van der Waals surface area contributed by atoms with E-state index in [9.17, 15) is 4.39 Å². The van der Waals surface area contributed by atoms with E-state index in [2.05, 4.69) is 15.6 Å². The van der Waals surface area contributed by atoms with E-state index in [1.807, 2.05) is 31.2 Å². The summed E-state index contributed by atoms with van der Waals surface area (Å²) in [5, 5.41) is 6.43. The maximum absolute atomic E-state index is 13.3. The van der Waals surface area contributed by atoms with Gasteiger partial charge in [-0.15, -0.1) is 0 Å². The average molecular weight is 359 g/mol. The molecular formula is C20H26FN3O2. The fourth-order valence-electron chi connectivity index (χ4n) is 2.41. The average Bonchev–Trinajstić information content (AvgIpc) is 2.63. The van der Waals surface area contributed by atoms with Crippen molar-refractivity contribution in [2.45, 2.75) is 20.0 Å². The first-order chi connectivity index (χ1) is 12.6. The normalized spacial score (nSPS) is 11.3. The predicted octanol–water partition coefficient (Wildman–Crippen LogP) is 3.02. The van der Waals surface area contributed by atoms with Gasteiger partial charge in [0.2, 0.25) is 0 Å². The topological polar surface area (TPSA) is 54.9 Å². The molecule has 26 heavy (non-hydrogen) atoms. The molecule has 2 aromatic rings. The number of aryl methyl sites for hydroxylation is 1. The molecule has 5 nitrogen and oxygen atoms in total. The predicted molar refractivity (Wildman–Crippen MR) is 102 cm³/mol. The number of rotatable bonds is 8. The summed E-state index contributed by atoms with van der Waals surface area (Å²) in [7, 11) is 3.35. The highest BCUT2D eigenvalue weighted by molar-refractivity contribution is 5.79. The molecule has 0 aromatic heterocycles. The molecule has 0 spiro atoms. The van der Waals surface area contributed by atoms with Gasteiger partial charge in [0.15, 0.2) is 5.96 Å². The number of hydrogen-bond donors (Lipinski definition) is 2. The number of halogens is 1. The van der Waals surface area contributed by atoms with Gasteiger partial charge in [-0.1, -0.05) is 24.3 Å². The van der Waals surface area contributed by atoms with Gasteiger partial charge in [-0.2, -0.15) is 0 Å². The standard InChI is InChI=1S/C20H26FN3O2/c1-15-7-8-17(19(11-15)26-10-9-25-3)14-24-20(22-2)23-13-16-5-4-6-18(21)12-16/h4-8,11-12H,9-10,13-14H2,1-3H3,(H2,22,23,24). The highest BCUT2D eigenvalue weighted by Gasteiger charge is 2.06. The fourth-order valence-corrected chi connectivity index (χ4v) is 2.41. The zero-order valence-electron chi connectivity index (χ0n) is 15.5. The van der Waals surface area contributed by atoms with Crippen molar-refractivity contribution in [2.24, 2.45) is 4.99 Å². The molecule has 2 N–H and O–H groups in total. The number of hydrogen-bond acceptors (Lipinski definition) is 3. The Balaban J connectivity index is 1.93. The van der Waals surface area contributed by atoms with E-state index in [-0.39, 0.29) is 5.82 Å². The summed E-state index contributed by atoms with van der Waals surface area (Å²) < 4.78 is 24.1. The lowest BCUT2D eigenvalue weighted by Gasteiger charge is -2.15.